The number of carbonyl (C=O) groups excluding carboxylic acids is 1. The van der Waals surface area contributed by atoms with Crippen LogP contribution in [0.5, 0.6) is 5.75 Å². The van der Waals surface area contributed by atoms with Crippen LogP contribution in [0.3, 0.4) is 0 Å². The quantitative estimate of drug-likeness (QED) is 0.300. The van der Waals surface area contributed by atoms with E-state index in [2.05, 4.69) is 15.5 Å². The Morgan fingerprint density at radius 3 is 2.44 bits per heavy atom. The number of fused-ring (bicyclic) bond motifs is 1. The Kier molecular flexibility index (Phi) is 5.73. The van der Waals surface area contributed by atoms with Crippen LogP contribution in [0.2, 0.25) is 10.0 Å². The average molecular weight is 493 g/mol. The average Bonchev–Trinajstić information content (AvgIpc) is 3.48. The van der Waals surface area contributed by atoms with Crippen molar-refractivity contribution < 1.29 is 13.9 Å². The number of aryl methyl sites for hydroxylation is 1. The standard InChI is InChI=1S/C25H18Cl2N4O3/c1-14-11-21-22(30-31(29-21)16-4-6-17(33-2)7-5-16)13-20(14)28-25(32)24-10-9-23(34-24)18-12-15(26)3-8-19(18)27/h3-13H,1-2H3,(H,28,32). The van der Waals surface area contributed by atoms with Crippen molar-refractivity contribution in [1.29, 1.82) is 0 Å². The second-order valence-corrected chi connectivity index (χ2v) is 8.43. The molecule has 0 atom stereocenters. The van der Waals surface area contributed by atoms with Gasteiger partial charge in [0.1, 0.15) is 22.5 Å². The number of hydrogen-bond acceptors (Lipinski definition) is 5. The number of aromatic nitrogens is 3. The third-order valence-electron chi connectivity index (χ3n) is 5.30. The summed E-state index contributed by atoms with van der Waals surface area (Å²) >= 11 is 12.3. The summed E-state index contributed by atoms with van der Waals surface area (Å²) in [5, 5.41) is 13.0. The number of anilines is 1. The van der Waals surface area contributed by atoms with Gasteiger partial charge >= 0.3 is 0 Å². The Morgan fingerprint density at radius 1 is 0.971 bits per heavy atom. The van der Waals surface area contributed by atoms with Crippen molar-refractivity contribution in [3.8, 4) is 22.8 Å². The van der Waals surface area contributed by atoms with Crippen LogP contribution < -0.4 is 10.1 Å². The van der Waals surface area contributed by atoms with Gasteiger partial charge in [-0.2, -0.15) is 4.80 Å². The number of benzene rings is 3. The fraction of sp³-hybridized carbons (Fsp3) is 0.0800. The molecule has 9 heteroatoms. The molecule has 0 radical (unpaired) electrons. The first-order valence-corrected chi connectivity index (χ1v) is 11.1. The molecule has 34 heavy (non-hydrogen) atoms. The Labute approximate surface area is 204 Å². The Hall–Kier alpha value is -3.81. The molecule has 7 nitrogen and oxygen atoms in total. The van der Waals surface area contributed by atoms with Crippen molar-refractivity contribution >= 4 is 45.8 Å². The number of amides is 1. The zero-order chi connectivity index (χ0) is 23.8. The molecule has 1 N–H and O–H groups in total. The number of furan rings is 1. The maximum absolute atomic E-state index is 12.9. The first-order chi connectivity index (χ1) is 16.4. The first kappa shape index (κ1) is 22.0. The highest BCUT2D eigenvalue weighted by molar-refractivity contribution is 6.35. The van der Waals surface area contributed by atoms with Crippen molar-refractivity contribution in [3.05, 3.63) is 88.1 Å². The van der Waals surface area contributed by atoms with Gasteiger partial charge in [0.05, 0.1) is 17.8 Å². The van der Waals surface area contributed by atoms with E-state index < -0.39 is 5.91 Å². The predicted octanol–water partition coefficient (Wildman–Crippen LogP) is 6.56. The molecule has 170 valence electrons. The van der Waals surface area contributed by atoms with Gasteiger partial charge in [0.2, 0.25) is 0 Å². The summed E-state index contributed by atoms with van der Waals surface area (Å²) in [6, 6.07) is 19.4. The topological polar surface area (TPSA) is 82.2 Å². The van der Waals surface area contributed by atoms with Crippen molar-refractivity contribution in [2.75, 3.05) is 12.4 Å². The second kappa shape index (κ2) is 8.85. The Morgan fingerprint density at radius 2 is 1.71 bits per heavy atom. The van der Waals surface area contributed by atoms with Gasteiger partial charge in [0.15, 0.2) is 5.76 Å². The molecule has 1 amide bonds. The van der Waals surface area contributed by atoms with Crippen LogP contribution in [0.4, 0.5) is 5.69 Å². The highest BCUT2D eigenvalue weighted by atomic mass is 35.5. The van der Waals surface area contributed by atoms with Gasteiger partial charge in [0, 0.05) is 16.3 Å². The number of carbonyl (C=O) groups is 1. The third-order valence-corrected chi connectivity index (χ3v) is 5.87. The molecule has 0 unspecified atom stereocenters. The molecule has 5 rings (SSSR count). The van der Waals surface area contributed by atoms with Gasteiger partial charge in [-0.15, -0.1) is 10.2 Å². The summed E-state index contributed by atoms with van der Waals surface area (Å²) in [4.78, 5) is 14.4. The van der Waals surface area contributed by atoms with Crippen molar-refractivity contribution in [3.63, 3.8) is 0 Å². The molecule has 5 aromatic rings. The largest absolute Gasteiger partial charge is 0.497 e. The lowest BCUT2D eigenvalue weighted by Crippen LogP contribution is -2.11. The lowest BCUT2D eigenvalue weighted by atomic mass is 10.1. The molecule has 2 heterocycles. The molecule has 0 aliphatic heterocycles. The van der Waals surface area contributed by atoms with Crippen LogP contribution in [0.25, 0.3) is 28.0 Å². The van der Waals surface area contributed by atoms with Crippen LogP contribution in [0.15, 0.2) is 71.1 Å². The summed E-state index contributed by atoms with van der Waals surface area (Å²) in [5.41, 5.74) is 4.21. The van der Waals surface area contributed by atoms with Crippen molar-refractivity contribution in [1.82, 2.24) is 15.0 Å². The minimum absolute atomic E-state index is 0.146. The monoisotopic (exact) mass is 492 g/mol. The minimum atomic E-state index is -0.394. The Bertz CT molecular complexity index is 1520. The van der Waals surface area contributed by atoms with Crippen molar-refractivity contribution in [2.45, 2.75) is 6.92 Å². The predicted molar refractivity (Wildman–Crippen MR) is 132 cm³/mol. The summed E-state index contributed by atoms with van der Waals surface area (Å²) in [7, 11) is 1.62. The summed E-state index contributed by atoms with van der Waals surface area (Å²) in [6.45, 7) is 1.89. The normalized spacial score (nSPS) is 11.1. The fourth-order valence-corrected chi connectivity index (χ4v) is 3.89. The number of hydrogen-bond donors (Lipinski definition) is 1. The first-order valence-electron chi connectivity index (χ1n) is 10.3. The highest BCUT2D eigenvalue weighted by Gasteiger charge is 2.17. The zero-order valence-corrected chi connectivity index (χ0v) is 19.7. The number of rotatable bonds is 5. The van der Waals surface area contributed by atoms with E-state index in [-0.39, 0.29) is 5.76 Å². The van der Waals surface area contributed by atoms with E-state index in [1.54, 1.807) is 48.3 Å². The Balaban J connectivity index is 1.40. The van der Waals surface area contributed by atoms with Gasteiger partial charge in [-0.25, -0.2) is 0 Å². The molecule has 0 saturated carbocycles. The lowest BCUT2D eigenvalue weighted by Gasteiger charge is -2.07. The van der Waals surface area contributed by atoms with Gasteiger partial charge in [-0.1, -0.05) is 23.2 Å². The molecule has 0 aliphatic carbocycles. The van der Waals surface area contributed by atoms with Crippen molar-refractivity contribution in [2.24, 2.45) is 0 Å². The number of ether oxygens (including phenoxy) is 1. The molecule has 0 bridgehead atoms. The van der Waals surface area contributed by atoms with Gasteiger partial charge in [-0.05, 0) is 79.2 Å². The molecular formula is C25H18Cl2N4O3. The van der Waals surface area contributed by atoms with Crippen LogP contribution >= 0.6 is 23.2 Å². The van der Waals surface area contributed by atoms with Crippen LogP contribution in [0.1, 0.15) is 16.1 Å². The third kappa shape index (κ3) is 4.23. The number of nitrogens with zero attached hydrogens (tertiary/aromatic N) is 3. The smallest absolute Gasteiger partial charge is 0.291 e. The maximum atomic E-state index is 12.9. The van der Waals surface area contributed by atoms with Gasteiger partial charge < -0.3 is 14.5 Å². The lowest BCUT2D eigenvalue weighted by molar-refractivity contribution is 0.0997. The maximum Gasteiger partial charge on any atom is 0.291 e. The van der Waals surface area contributed by atoms with Gasteiger partial charge in [0.25, 0.3) is 5.91 Å². The van der Waals surface area contributed by atoms with E-state index >= 15 is 0 Å². The molecule has 3 aromatic carbocycles. The highest BCUT2D eigenvalue weighted by Crippen LogP contribution is 2.32. The van der Waals surface area contributed by atoms with E-state index in [1.807, 2.05) is 37.3 Å². The number of methoxy groups -OCH3 is 1. The summed E-state index contributed by atoms with van der Waals surface area (Å²) in [6.07, 6.45) is 0. The number of nitrogens with one attached hydrogen (secondary N) is 1. The fourth-order valence-electron chi connectivity index (χ4n) is 3.51. The van der Waals surface area contributed by atoms with E-state index in [1.165, 1.54) is 0 Å². The molecule has 0 fully saturated rings. The van der Waals surface area contributed by atoms with E-state index in [0.717, 1.165) is 17.0 Å². The van der Waals surface area contributed by atoms with E-state index in [9.17, 15) is 4.79 Å². The summed E-state index contributed by atoms with van der Waals surface area (Å²) in [5.74, 6) is 0.953. The molecule has 2 aromatic heterocycles. The second-order valence-electron chi connectivity index (χ2n) is 7.59. The molecule has 0 aliphatic rings. The van der Waals surface area contributed by atoms with Gasteiger partial charge in [-0.3, -0.25) is 4.79 Å². The molecule has 0 spiro atoms. The number of halogens is 2. The molecular weight excluding hydrogens is 475 g/mol. The van der Waals surface area contributed by atoms with Crippen LogP contribution in [0, 0.1) is 6.92 Å². The summed E-state index contributed by atoms with van der Waals surface area (Å²) < 4.78 is 10.9. The molecule has 0 saturated heterocycles. The SMILES string of the molecule is COc1ccc(-n2nc3cc(C)c(NC(=O)c4ccc(-c5cc(Cl)ccc5Cl)o4)cc3n2)cc1. The van der Waals surface area contributed by atoms with Crippen LogP contribution in [-0.2, 0) is 0 Å². The minimum Gasteiger partial charge on any atom is -0.497 e. The van der Waals surface area contributed by atoms with Crippen LogP contribution in [-0.4, -0.2) is 28.0 Å². The zero-order valence-electron chi connectivity index (χ0n) is 18.2. The van der Waals surface area contributed by atoms with E-state index in [0.29, 0.717) is 38.1 Å². The van der Waals surface area contributed by atoms with E-state index in [4.69, 9.17) is 32.4 Å².